The second-order valence-corrected chi connectivity index (χ2v) is 7.80. The Morgan fingerprint density at radius 2 is 2.11 bits per heavy atom. The summed E-state index contributed by atoms with van der Waals surface area (Å²) in [6.45, 7) is -0.586. The van der Waals surface area contributed by atoms with E-state index in [-0.39, 0.29) is 5.82 Å². The summed E-state index contributed by atoms with van der Waals surface area (Å²) >= 11 is 0. The van der Waals surface area contributed by atoms with Crippen LogP contribution in [0.25, 0.3) is 16.6 Å². The van der Waals surface area contributed by atoms with Gasteiger partial charge in [0.2, 0.25) is 0 Å². The van der Waals surface area contributed by atoms with Crippen LogP contribution in [-0.2, 0) is 13.8 Å². The molecule has 1 saturated heterocycles. The lowest BCUT2D eigenvalue weighted by molar-refractivity contribution is -0.0501. The molecule has 150 valence electrons. The van der Waals surface area contributed by atoms with Crippen LogP contribution in [0.3, 0.4) is 0 Å². The third-order valence-electron chi connectivity index (χ3n) is 4.77. The lowest BCUT2D eigenvalue weighted by Gasteiger charge is -2.17. The van der Waals surface area contributed by atoms with Crippen molar-refractivity contribution in [3.63, 3.8) is 0 Å². The average molecular weight is 410 g/mol. The molecule has 4 atom stereocenters. The lowest BCUT2D eigenvalue weighted by Crippen LogP contribution is -2.33. The highest BCUT2D eigenvalue weighted by molar-refractivity contribution is 7.46. The van der Waals surface area contributed by atoms with Gasteiger partial charge in [-0.2, -0.15) is 0 Å². The Kier molecular flexibility index (Phi) is 4.84. The predicted molar refractivity (Wildman–Crippen MR) is 97.6 cm³/mol. The van der Waals surface area contributed by atoms with Crippen molar-refractivity contribution in [3.05, 3.63) is 36.3 Å². The third-order valence-corrected chi connectivity index (χ3v) is 5.26. The average Bonchev–Trinajstić information content (AvgIpc) is 3.33. The van der Waals surface area contributed by atoms with Crippen LogP contribution in [0.1, 0.15) is 18.2 Å². The summed E-state index contributed by atoms with van der Waals surface area (Å²) < 4.78 is 22.5. The van der Waals surface area contributed by atoms with Crippen LogP contribution < -0.4 is 5.73 Å². The number of nitrogen functional groups attached to an aromatic ring is 1. The van der Waals surface area contributed by atoms with Gasteiger partial charge in [0.25, 0.3) is 0 Å². The molecule has 0 radical (unpaired) electrons. The summed E-state index contributed by atoms with van der Waals surface area (Å²) in [6, 6.07) is 0. The SMILES string of the molecule is Nc1ncnc2c1c(C1=CC=CC1)cn2[C@@H]1O[C@H](COP(=O)(O)O)C(O)[C@@H]1O. The summed E-state index contributed by atoms with van der Waals surface area (Å²) in [4.78, 5) is 26.0. The number of aliphatic hydroxyl groups is 2. The summed E-state index contributed by atoms with van der Waals surface area (Å²) in [7, 11) is -4.74. The van der Waals surface area contributed by atoms with Crippen LogP contribution in [0.4, 0.5) is 5.82 Å². The quantitative estimate of drug-likeness (QED) is 0.425. The van der Waals surface area contributed by atoms with Gasteiger partial charge in [0.15, 0.2) is 6.23 Å². The molecule has 3 heterocycles. The third kappa shape index (κ3) is 3.38. The predicted octanol–water partition coefficient (Wildman–Crippen LogP) is 0.0853. The lowest BCUT2D eigenvalue weighted by atomic mass is 10.1. The Balaban J connectivity index is 1.71. The molecule has 0 saturated carbocycles. The van der Waals surface area contributed by atoms with Crippen LogP contribution >= 0.6 is 7.82 Å². The number of hydrogen-bond acceptors (Lipinski definition) is 8. The molecule has 28 heavy (non-hydrogen) atoms. The van der Waals surface area contributed by atoms with E-state index in [1.165, 1.54) is 10.9 Å². The number of anilines is 1. The van der Waals surface area contributed by atoms with Crippen molar-refractivity contribution in [3.8, 4) is 0 Å². The van der Waals surface area contributed by atoms with Crippen LogP contribution in [0.15, 0.2) is 30.8 Å². The number of phosphoric acid groups is 1. The molecular weight excluding hydrogens is 391 g/mol. The first kappa shape index (κ1) is 19.2. The number of phosphoric ester groups is 1. The van der Waals surface area contributed by atoms with E-state index < -0.39 is 39.0 Å². The zero-order valence-corrected chi connectivity index (χ0v) is 15.4. The minimum absolute atomic E-state index is 0.265. The van der Waals surface area contributed by atoms with E-state index in [9.17, 15) is 14.8 Å². The number of hydrogen-bond donors (Lipinski definition) is 5. The highest BCUT2D eigenvalue weighted by Crippen LogP contribution is 2.40. The first-order valence-electron chi connectivity index (χ1n) is 8.45. The fourth-order valence-corrected chi connectivity index (χ4v) is 3.80. The highest BCUT2D eigenvalue weighted by Gasteiger charge is 2.45. The molecule has 2 aromatic heterocycles. The Labute approximate surface area is 159 Å². The zero-order valence-electron chi connectivity index (χ0n) is 14.5. The van der Waals surface area contributed by atoms with Gasteiger partial charge in [-0.05, 0) is 12.0 Å². The smallest absolute Gasteiger partial charge is 0.387 e. The largest absolute Gasteiger partial charge is 0.469 e. The van der Waals surface area contributed by atoms with Gasteiger partial charge in [-0.15, -0.1) is 0 Å². The van der Waals surface area contributed by atoms with Crippen molar-refractivity contribution < 1.29 is 33.8 Å². The summed E-state index contributed by atoms with van der Waals surface area (Å²) in [5, 5.41) is 21.3. The van der Waals surface area contributed by atoms with Crippen LogP contribution in [0.5, 0.6) is 0 Å². The van der Waals surface area contributed by atoms with Crippen molar-refractivity contribution in [2.75, 3.05) is 12.3 Å². The van der Waals surface area contributed by atoms with E-state index in [0.717, 1.165) is 11.1 Å². The maximum Gasteiger partial charge on any atom is 0.469 e. The molecule has 0 spiro atoms. The van der Waals surface area contributed by atoms with E-state index in [2.05, 4.69) is 14.5 Å². The first-order valence-corrected chi connectivity index (χ1v) is 9.98. The fraction of sp³-hybridized carbons (Fsp3) is 0.375. The number of nitrogens with zero attached hydrogens (tertiary/aromatic N) is 3. The Morgan fingerprint density at radius 3 is 2.79 bits per heavy atom. The summed E-state index contributed by atoms with van der Waals surface area (Å²) in [6.07, 6.45) is 4.54. The second kappa shape index (κ2) is 7.05. The van der Waals surface area contributed by atoms with Crippen LogP contribution in [0, 0.1) is 0 Å². The van der Waals surface area contributed by atoms with Gasteiger partial charge in [0, 0.05) is 11.8 Å². The maximum absolute atomic E-state index is 10.9. The van der Waals surface area contributed by atoms with Gasteiger partial charge < -0.3 is 35.0 Å². The Bertz CT molecular complexity index is 1010. The number of nitrogens with two attached hydrogens (primary N) is 1. The molecule has 0 bridgehead atoms. The van der Waals surface area contributed by atoms with Gasteiger partial charge in [0.1, 0.15) is 36.1 Å². The molecule has 0 aromatic carbocycles. The van der Waals surface area contributed by atoms with Gasteiger partial charge in [-0.3, -0.25) is 4.52 Å². The number of aromatic nitrogens is 3. The molecule has 4 rings (SSSR count). The van der Waals surface area contributed by atoms with Gasteiger partial charge in [-0.25, -0.2) is 14.5 Å². The molecule has 1 unspecified atom stereocenters. The van der Waals surface area contributed by atoms with Gasteiger partial charge in [0.05, 0.1) is 12.0 Å². The number of fused-ring (bicyclic) bond motifs is 1. The van der Waals surface area contributed by atoms with Gasteiger partial charge >= 0.3 is 7.82 Å². The van der Waals surface area contributed by atoms with Crippen molar-refractivity contribution in [1.82, 2.24) is 14.5 Å². The maximum atomic E-state index is 10.9. The van der Waals surface area contributed by atoms with Crippen molar-refractivity contribution >= 4 is 30.2 Å². The molecule has 2 aromatic rings. The standard InChI is InChI=1S/C16H19N4O7P/c17-14-11-9(8-3-1-2-4-8)5-20(15(11)19-7-18-14)16-13(22)12(21)10(27-16)6-26-28(23,24)25/h1-3,5,7,10,12-13,16,21-22H,4,6H2,(H2,17,18,19)(H2,23,24,25)/t10-,12?,13+,16-/m1/s1. The molecule has 12 heteroatoms. The second-order valence-electron chi connectivity index (χ2n) is 6.56. The Morgan fingerprint density at radius 1 is 1.32 bits per heavy atom. The molecule has 1 aliphatic heterocycles. The number of ether oxygens (including phenoxy) is 1. The topological polar surface area (TPSA) is 173 Å². The Hall–Kier alpha value is -2.11. The van der Waals surface area contributed by atoms with Gasteiger partial charge in [-0.1, -0.05) is 18.2 Å². The molecular formula is C16H19N4O7P. The van der Waals surface area contributed by atoms with Crippen molar-refractivity contribution in [2.24, 2.45) is 0 Å². The molecule has 2 aliphatic rings. The monoisotopic (exact) mass is 410 g/mol. The molecule has 6 N–H and O–H groups in total. The van der Waals surface area contributed by atoms with E-state index in [0.29, 0.717) is 17.5 Å². The van der Waals surface area contributed by atoms with E-state index in [1.54, 1.807) is 6.20 Å². The molecule has 1 aliphatic carbocycles. The number of allylic oxidation sites excluding steroid dienone is 4. The first-order chi connectivity index (χ1) is 13.3. The minimum Gasteiger partial charge on any atom is -0.387 e. The molecule has 11 nitrogen and oxygen atoms in total. The highest BCUT2D eigenvalue weighted by atomic mass is 31.2. The van der Waals surface area contributed by atoms with Crippen LogP contribution in [-0.4, -0.2) is 59.5 Å². The number of aliphatic hydroxyl groups excluding tert-OH is 2. The normalized spacial score (nSPS) is 27.6. The van der Waals surface area contributed by atoms with E-state index >= 15 is 0 Å². The fourth-order valence-electron chi connectivity index (χ4n) is 3.46. The van der Waals surface area contributed by atoms with Crippen molar-refractivity contribution in [1.29, 1.82) is 0 Å². The van der Waals surface area contributed by atoms with E-state index in [1.807, 2.05) is 18.2 Å². The van der Waals surface area contributed by atoms with Crippen LogP contribution in [0.2, 0.25) is 0 Å². The zero-order chi connectivity index (χ0) is 20.1. The summed E-state index contributed by atoms with van der Waals surface area (Å²) in [5.41, 5.74) is 8.22. The summed E-state index contributed by atoms with van der Waals surface area (Å²) in [5.74, 6) is 0.265. The molecule has 1 fully saturated rings. The van der Waals surface area contributed by atoms with E-state index in [4.69, 9.17) is 20.3 Å². The molecule has 0 amide bonds. The number of rotatable bonds is 5. The van der Waals surface area contributed by atoms with Crippen molar-refractivity contribution in [2.45, 2.75) is 31.0 Å². The minimum atomic E-state index is -4.74.